The van der Waals surface area contributed by atoms with Crippen molar-refractivity contribution < 1.29 is 8.42 Å². The van der Waals surface area contributed by atoms with Crippen LogP contribution < -0.4 is 10.6 Å². The van der Waals surface area contributed by atoms with Crippen molar-refractivity contribution in [2.24, 2.45) is 4.99 Å². The zero-order valence-corrected chi connectivity index (χ0v) is 17.2. The topological polar surface area (TPSA) is 77.0 Å². The Morgan fingerprint density at radius 3 is 2.48 bits per heavy atom. The largest absolute Gasteiger partial charge is 0.357 e. The molecule has 0 amide bonds. The van der Waals surface area contributed by atoms with Crippen LogP contribution in [-0.2, 0) is 9.84 Å². The zero-order chi connectivity index (χ0) is 18.7. The molecule has 8 heteroatoms. The minimum absolute atomic E-state index is 0.0814. The number of rotatable bonds is 10. The lowest BCUT2D eigenvalue weighted by molar-refractivity contribution is 0.152. The summed E-state index contributed by atoms with van der Waals surface area (Å²) < 4.78 is 22.5. The van der Waals surface area contributed by atoms with E-state index in [0.29, 0.717) is 6.42 Å². The van der Waals surface area contributed by atoms with Crippen molar-refractivity contribution in [3.05, 3.63) is 0 Å². The molecule has 1 rings (SSSR count). The molecule has 1 unspecified atom stereocenters. The van der Waals surface area contributed by atoms with Crippen LogP contribution in [0.2, 0.25) is 0 Å². The third-order valence-corrected chi connectivity index (χ3v) is 5.37. The van der Waals surface area contributed by atoms with E-state index in [2.05, 4.69) is 32.5 Å². The monoisotopic (exact) mass is 375 g/mol. The van der Waals surface area contributed by atoms with Gasteiger partial charge in [-0.05, 0) is 46.7 Å². The van der Waals surface area contributed by atoms with Crippen LogP contribution in [-0.4, -0.2) is 95.1 Å². The molecule has 0 bridgehead atoms. The Labute approximate surface area is 154 Å². The Morgan fingerprint density at radius 2 is 1.88 bits per heavy atom. The standard InChI is InChI=1S/C17H37N5O2S/c1-5-18-17(20-16(2)8-15-25(4,23)24)19-9-6-7-10-22-13-11-21(3)12-14-22/h16H,5-15H2,1-4H3,(H2,18,19,20). The lowest BCUT2D eigenvalue weighted by atomic mass is 10.2. The third-order valence-electron chi connectivity index (χ3n) is 4.40. The van der Waals surface area contributed by atoms with E-state index in [0.717, 1.165) is 51.5 Å². The molecule has 148 valence electrons. The Bertz CT molecular complexity index is 487. The lowest BCUT2D eigenvalue weighted by Gasteiger charge is -2.32. The van der Waals surface area contributed by atoms with Gasteiger partial charge in [-0.15, -0.1) is 0 Å². The van der Waals surface area contributed by atoms with E-state index in [9.17, 15) is 8.42 Å². The van der Waals surface area contributed by atoms with Crippen LogP contribution in [0.1, 0.15) is 33.1 Å². The fourth-order valence-electron chi connectivity index (χ4n) is 2.73. The molecule has 0 spiro atoms. The summed E-state index contributed by atoms with van der Waals surface area (Å²) in [5, 5.41) is 6.52. The summed E-state index contributed by atoms with van der Waals surface area (Å²) in [6.07, 6.45) is 4.10. The van der Waals surface area contributed by atoms with Crippen molar-refractivity contribution in [3.8, 4) is 0 Å². The summed E-state index contributed by atoms with van der Waals surface area (Å²) >= 11 is 0. The van der Waals surface area contributed by atoms with E-state index in [1.54, 1.807) is 0 Å². The first-order valence-corrected chi connectivity index (χ1v) is 11.5. The van der Waals surface area contributed by atoms with Crippen molar-refractivity contribution in [2.45, 2.75) is 39.2 Å². The molecular weight excluding hydrogens is 338 g/mol. The summed E-state index contributed by atoms with van der Waals surface area (Å²) in [5.74, 6) is 0.981. The molecule has 7 nitrogen and oxygen atoms in total. The summed E-state index contributed by atoms with van der Waals surface area (Å²) in [6.45, 7) is 11.4. The Kier molecular flexibility index (Phi) is 10.4. The van der Waals surface area contributed by atoms with Gasteiger partial charge < -0.3 is 20.4 Å². The summed E-state index contributed by atoms with van der Waals surface area (Å²) in [5.41, 5.74) is 0. The van der Waals surface area contributed by atoms with Gasteiger partial charge in [0.05, 0.1) is 5.75 Å². The average Bonchev–Trinajstić information content (AvgIpc) is 2.54. The molecule has 0 saturated carbocycles. The number of hydrogen-bond donors (Lipinski definition) is 2. The van der Waals surface area contributed by atoms with Gasteiger partial charge in [0, 0.05) is 51.6 Å². The van der Waals surface area contributed by atoms with Crippen molar-refractivity contribution in [3.63, 3.8) is 0 Å². The molecule has 0 aromatic rings. The molecule has 0 aromatic carbocycles. The van der Waals surface area contributed by atoms with Crippen LogP contribution >= 0.6 is 0 Å². The van der Waals surface area contributed by atoms with Crippen molar-refractivity contribution >= 4 is 15.8 Å². The van der Waals surface area contributed by atoms with Crippen molar-refractivity contribution in [1.29, 1.82) is 0 Å². The van der Waals surface area contributed by atoms with Crippen molar-refractivity contribution in [1.82, 2.24) is 20.4 Å². The maximum absolute atomic E-state index is 11.3. The molecule has 1 fully saturated rings. The quantitative estimate of drug-likeness (QED) is 0.327. The number of nitrogens with zero attached hydrogens (tertiary/aromatic N) is 3. The normalized spacial score (nSPS) is 19.0. The van der Waals surface area contributed by atoms with Crippen LogP contribution in [0, 0.1) is 0 Å². The van der Waals surface area contributed by atoms with Crippen LogP contribution in [0.4, 0.5) is 0 Å². The van der Waals surface area contributed by atoms with Crippen LogP contribution in [0.15, 0.2) is 4.99 Å². The molecule has 1 aliphatic heterocycles. The molecule has 1 aliphatic rings. The predicted molar refractivity (Wildman–Crippen MR) is 106 cm³/mol. The molecule has 0 aliphatic carbocycles. The second kappa shape index (κ2) is 11.7. The highest BCUT2D eigenvalue weighted by Crippen LogP contribution is 2.02. The fourth-order valence-corrected chi connectivity index (χ4v) is 3.51. The van der Waals surface area contributed by atoms with Gasteiger partial charge in [0.2, 0.25) is 0 Å². The Balaban J connectivity index is 2.25. The summed E-state index contributed by atoms with van der Waals surface area (Å²) in [7, 11) is -0.735. The van der Waals surface area contributed by atoms with Gasteiger partial charge in [-0.25, -0.2) is 8.42 Å². The third kappa shape index (κ3) is 11.4. The van der Waals surface area contributed by atoms with E-state index in [4.69, 9.17) is 0 Å². The van der Waals surface area contributed by atoms with Gasteiger partial charge in [-0.2, -0.15) is 0 Å². The molecular formula is C17H37N5O2S. The van der Waals surface area contributed by atoms with E-state index >= 15 is 0 Å². The van der Waals surface area contributed by atoms with E-state index in [1.807, 2.05) is 13.8 Å². The number of piperazine rings is 1. The maximum atomic E-state index is 11.3. The van der Waals surface area contributed by atoms with Gasteiger partial charge in [0.25, 0.3) is 0 Å². The molecule has 1 atom stereocenters. The van der Waals surface area contributed by atoms with Crippen LogP contribution in [0.3, 0.4) is 0 Å². The average molecular weight is 376 g/mol. The number of likely N-dealkylation sites (N-methyl/N-ethyl adjacent to an activating group) is 1. The first-order chi connectivity index (χ1) is 11.8. The molecule has 1 saturated heterocycles. The zero-order valence-electron chi connectivity index (χ0n) is 16.4. The number of hydrogen-bond acceptors (Lipinski definition) is 5. The molecule has 25 heavy (non-hydrogen) atoms. The maximum Gasteiger partial charge on any atom is 0.191 e. The minimum Gasteiger partial charge on any atom is -0.357 e. The highest BCUT2D eigenvalue weighted by Gasteiger charge is 2.13. The van der Waals surface area contributed by atoms with E-state index in [-0.39, 0.29) is 11.8 Å². The lowest BCUT2D eigenvalue weighted by Crippen LogP contribution is -2.44. The number of sulfone groups is 1. The van der Waals surface area contributed by atoms with Gasteiger partial charge in [-0.1, -0.05) is 0 Å². The number of guanidine groups is 1. The first-order valence-electron chi connectivity index (χ1n) is 9.43. The van der Waals surface area contributed by atoms with Gasteiger partial charge in [0.1, 0.15) is 9.84 Å². The number of unbranched alkanes of at least 4 members (excludes halogenated alkanes) is 1. The highest BCUT2D eigenvalue weighted by molar-refractivity contribution is 7.90. The number of nitrogens with one attached hydrogen (secondary N) is 2. The SMILES string of the molecule is CCNC(=NCCCCN1CCN(C)CC1)NC(C)CCS(C)(=O)=O. The summed E-state index contributed by atoms with van der Waals surface area (Å²) in [4.78, 5) is 9.51. The second-order valence-corrected chi connectivity index (χ2v) is 9.34. The molecule has 2 N–H and O–H groups in total. The first kappa shape index (κ1) is 22.2. The Morgan fingerprint density at radius 1 is 1.20 bits per heavy atom. The molecule has 1 heterocycles. The second-order valence-electron chi connectivity index (χ2n) is 7.08. The van der Waals surface area contributed by atoms with Gasteiger partial charge in [-0.3, -0.25) is 4.99 Å². The van der Waals surface area contributed by atoms with Crippen LogP contribution in [0.5, 0.6) is 0 Å². The number of aliphatic imine (C=N–C) groups is 1. The smallest absolute Gasteiger partial charge is 0.191 e. The van der Waals surface area contributed by atoms with Crippen molar-refractivity contribution in [2.75, 3.05) is 64.9 Å². The highest BCUT2D eigenvalue weighted by atomic mass is 32.2. The molecule has 0 radical (unpaired) electrons. The van der Waals surface area contributed by atoms with E-state index in [1.165, 1.54) is 19.3 Å². The van der Waals surface area contributed by atoms with Gasteiger partial charge >= 0.3 is 0 Å². The predicted octanol–water partition coefficient (Wildman–Crippen LogP) is 0.392. The summed E-state index contributed by atoms with van der Waals surface area (Å²) in [6, 6.07) is 0.0814. The fraction of sp³-hybridized carbons (Fsp3) is 0.941. The van der Waals surface area contributed by atoms with E-state index < -0.39 is 9.84 Å². The van der Waals surface area contributed by atoms with Gasteiger partial charge in [0.15, 0.2) is 5.96 Å². The Hall–Kier alpha value is -0.860. The van der Waals surface area contributed by atoms with Crippen LogP contribution in [0.25, 0.3) is 0 Å². The minimum atomic E-state index is -2.91. The molecule has 0 aromatic heterocycles.